The van der Waals surface area contributed by atoms with Crippen molar-refractivity contribution in [2.45, 2.75) is 13.8 Å². The Bertz CT molecular complexity index is 1050. The Morgan fingerprint density at radius 3 is 2.44 bits per heavy atom. The van der Waals surface area contributed by atoms with Crippen LogP contribution in [0.3, 0.4) is 0 Å². The van der Waals surface area contributed by atoms with E-state index >= 15 is 0 Å². The smallest absolute Gasteiger partial charge is 0.253 e. The summed E-state index contributed by atoms with van der Waals surface area (Å²) in [6.45, 7) is 3.97. The summed E-state index contributed by atoms with van der Waals surface area (Å²) in [6, 6.07) is 18.2. The Morgan fingerprint density at radius 1 is 0.960 bits per heavy atom. The van der Waals surface area contributed by atoms with Crippen LogP contribution in [-0.2, 0) is 0 Å². The second-order valence-electron chi connectivity index (χ2n) is 5.86. The molecule has 0 amide bonds. The minimum Gasteiger partial charge on any atom is -0.340 e. The van der Waals surface area contributed by atoms with Crippen LogP contribution in [0, 0.1) is 17.4 Å². The molecule has 0 spiro atoms. The molecule has 0 unspecified atom stereocenters. The van der Waals surface area contributed by atoms with Crippen LogP contribution in [0.5, 0.6) is 0 Å². The summed E-state index contributed by atoms with van der Waals surface area (Å²) in [4.78, 5) is 9.42. The van der Waals surface area contributed by atoms with Gasteiger partial charge in [-0.15, -0.1) is 0 Å². The molecule has 2 aromatic carbocycles. The molecule has 1 N–H and O–H groups in total. The number of hydrogen-bond donors (Lipinski definition) is 1. The summed E-state index contributed by atoms with van der Waals surface area (Å²) in [6.07, 6.45) is 0. The van der Waals surface area contributed by atoms with E-state index < -0.39 is 0 Å². The van der Waals surface area contributed by atoms with Gasteiger partial charge in [0.2, 0.25) is 0 Å². The third-order valence-corrected chi connectivity index (χ3v) is 4.62. The van der Waals surface area contributed by atoms with Crippen molar-refractivity contribution in [3.8, 4) is 5.95 Å². The van der Waals surface area contributed by atoms with Crippen LogP contribution in [-0.4, -0.2) is 19.7 Å². The van der Waals surface area contributed by atoms with Crippen molar-refractivity contribution >= 4 is 45.0 Å². The number of nitrogens with one attached hydrogen (secondary N) is 1. The highest BCUT2D eigenvalue weighted by Gasteiger charge is 2.12. The molecule has 0 bridgehead atoms. The molecule has 6 heteroatoms. The molecule has 2 aromatic heterocycles. The van der Waals surface area contributed by atoms with E-state index in [0.717, 1.165) is 33.8 Å². The molecule has 0 saturated heterocycles. The van der Waals surface area contributed by atoms with Crippen molar-refractivity contribution in [1.29, 1.82) is 0 Å². The summed E-state index contributed by atoms with van der Waals surface area (Å²) < 4.78 is 2.97. The summed E-state index contributed by atoms with van der Waals surface area (Å²) in [5, 5.41) is 8.90. The van der Waals surface area contributed by atoms with Gasteiger partial charge in [-0.1, -0.05) is 12.1 Å². The van der Waals surface area contributed by atoms with E-state index in [4.69, 9.17) is 4.98 Å². The number of benzene rings is 2. The molecule has 0 saturated carbocycles. The minimum absolute atomic E-state index is 0.567. The summed E-state index contributed by atoms with van der Waals surface area (Å²) >= 11 is 2.30. The number of fused-ring (bicyclic) bond motifs is 1. The van der Waals surface area contributed by atoms with Crippen LogP contribution >= 0.6 is 22.6 Å². The van der Waals surface area contributed by atoms with Crippen LogP contribution in [0.15, 0.2) is 54.6 Å². The normalized spacial score (nSPS) is 11.0. The van der Waals surface area contributed by atoms with E-state index in [-0.39, 0.29) is 0 Å². The van der Waals surface area contributed by atoms with E-state index in [1.54, 1.807) is 4.68 Å². The second kappa shape index (κ2) is 6.44. The number of rotatable bonds is 3. The Kier molecular flexibility index (Phi) is 4.12. The topological polar surface area (TPSA) is 55.6 Å². The van der Waals surface area contributed by atoms with Crippen LogP contribution in [0.2, 0.25) is 0 Å². The first-order chi connectivity index (χ1) is 12.1. The second-order valence-corrected chi connectivity index (χ2v) is 7.11. The van der Waals surface area contributed by atoms with Gasteiger partial charge in [-0.25, -0.2) is 9.67 Å². The van der Waals surface area contributed by atoms with Gasteiger partial charge in [0.15, 0.2) is 0 Å². The predicted molar refractivity (Wildman–Crippen MR) is 109 cm³/mol. The molecule has 25 heavy (non-hydrogen) atoms. The van der Waals surface area contributed by atoms with E-state index in [2.05, 4.69) is 50.1 Å². The molecular weight excluding hydrogens is 425 g/mol. The third-order valence-electron chi connectivity index (χ3n) is 3.90. The molecule has 2 heterocycles. The molecule has 0 radical (unpaired) electrons. The van der Waals surface area contributed by atoms with Gasteiger partial charge in [0.1, 0.15) is 5.82 Å². The van der Waals surface area contributed by atoms with Gasteiger partial charge >= 0.3 is 0 Å². The highest BCUT2D eigenvalue weighted by molar-refractivity contribution is 14.1. The summed E-state index contributed by atoms with van der Waals surface area (Å²) in [5.41, 5.74) is 3.83. The lowest BCUT2D eigenvalue weighted by Gasteiger charge is -2.11. The number of aromatic nitrogens is 4. The van der Waals surface area contributed by atoms with Gasteiger partial charge in [0, 0.05) is 20.3 Å². The van der Waals surface area contributed by atoms with Crippen molar-refractivity contribution in [3.63, 3.8) is 0 Å². The zero-order valence-corrected chi connectivity index (χ0v) is 16.0. The van der Waals surface area contributed by atoms with Gasteiger partial charge in [-0.3, -0.25) is 0 Å². The van der Waals surface area contributed by atoms with Crippen molar-refractivity contribution in [2.75, 3.05) is 5.32 Å². The number of halogens is 1. The molecule has 0 aliphatic heterocycles. The Balaban J connectivity index is 1.86. The highest BCUT2D eigenvalue weighted by atomic mass is 127. The Hall–Kier alpha value is -2.48. The van der Waals surface area contributed by atoms with E-state index in [1.807, 2.05) is 56.3 Å². The maximum Gasteiger partial charge on any atom is 0.253 e. The Labute approximate surface area is 159 Å². The first-order valence-corrected chi connectivity index (χ1v) is 9.01. The van der Waals surface area contributed by atoms with Crippen LogP contribution in [0.25, 0.3) is 16.9 Å². The van der Waals surface area contributed by atoms with Crippen molar-refractivity contribution in [1.82, 2.24) is 19.7 Å². The average molecular weight is 441 g/mol. The quantitative estimate of drug-likeness (QED) is 0.465. The summed E-state index contributed by atoms with van der Waals surface area (Å²) in [7, 11) is 0. The van der Waals surface area contributed by atoms with E-state index in [1.165, 1.54) is 3.57 Å². The monoisotopic (exact) mass is 441 g/mol. The first-order valence-electron chi connectivity index (χ1n) is 7.93. The standard InChI is InChI=1S/C19H16IN5/c1-12-11-13(2)25(24-12)19-22-17-6-4-3-5-16(17)18(23-19)21-15-9-7-14(20)8-10-15/h3-11H,1-2H3,(H,21,22,23). The molecule has 5 nitrogen and oxygen atoms in total. The molecular formula is C19H16IN5. The van der Waals surface area contributed by atoms with Gasteiger partial charge in [-0.2, -0.15) is 10.1 Å². The van der Waals surface area contributed by atoms with Gasteiger partial charge < -0.3 is 5.32 Å². The number of nitrogens with zero attached hydrogens (tertiary/aromatic N) is 4. The zero-order chi connectivity index (χ0) is 17.4. The average Bonchev–Trinajstić information content (AvgIpc) is 2.95. The van der Waals surface area contributed by atoms with Crippen molar-refractivity contribution < 1.29 is 0 Å². The molecule has 0 atom stereocenters. The van der Waals surface area contributed by atoms with Crippen LogP contribution in [0.4, 0.5) is 11.5 Å². The molecule has 0 fully saturated rings. The van der Waals surface area contributed by atoms with E-state index in [9.17, 15) is 0 Å². The Morgan fingerprint density at radius 2 is 1.72 bits per heavy atom. The maximum atomic E-state index is 4.74. The van der Waals surface area contributed by atoms with Gasteiger partial charge in [-0.05, 0) is 78.9 Å². The highest BCUT2D eigenvalue weighted by Crippen LogP contribution is 2.25. The molecule has 4 rings (SSSR count). The fraction of sp³-hybridized carbons (Fsp3) is 0.105. The predicted octanol–water partition coefficient (Wildman–Crippen LogP) is 4.78. The molecule has 4 aromatic rings. The van der Waals surface area contributed by atoms with Gasteiger partial charge in [0.05, 0.1) is 11.2 Å². The number of anilines is 2. The lowest BCUT2D eigenvalue weighted by Crippen LogP contribution is -2.07. The van der Waals surface area contributed by atoms with E-state index in [0.29, 0.717) is 5.95 Å². The van der Waals surface area contributed by atoms with Crippen LogP contribution in [0.1, 0.15) is 11.4 Å². The lowest BCUT2D eigenvalue weighted by molar-refractivity contribution is 0.781. The largest absolute Gasteiger partial charge is 0.340 e. The molecule has 0 aliphatic rings. The fourth-order valence-electron chi connectivity index (χ4n) is 2.76. The lowest BCUT2D eigenvalue weighted by atomic mass is 10.2. The minimum atomic E-state index is 0.567. The van der Waals surface area contributed by atoms with Gasteiger partial charge in [0.25, 0.3) is 5.95 Å². The van der Waals surface area contributed by atoms with Crippen molar-refractivity contribution in [2.24, 2.45) is 0 Å². The zero-order valence-electron chi connectivity index (χ0n) is 13.9. The molecule has 0 aliphatic carbocycles. The molecule has 124 valence electrons. The first kappa shape index (κ1) is 16.0. The van der Waals surface area contributed by atoms with Crippen molar-refractivity contribution in [3.05, 3.63) is 69.6 Å². The maximum absolute atomic E-state index is 4.74. The SMILES string of the molecule is Cc1cc(C)n(-c2nc(Nc3ccc(I)cc3)c3ccccc3n2)n1. The fourth-order valence-corrected chi connectivity index (χ4v) is 3.12. The van der Waals surface area contributed by atoms with Crippen LogP contribution < -0.4 is 5.32 Å². The number of hydrogen-bond acceptors (Lipinski definition) is 4. The third kappa shape index (κ3) is 3.21. The number of para-hydroxylation sites is 1. The number of aryl methyl sites for hydroxylation is 2. The summed E-state index contributed by atoms with van der Waals surface area (Å²) in [5.74, 6) is 1.34.